The first-order chi connectivity index (χ1) is 13.1. The Kier molecular flexibility index (Phi) is 3.56. The zero-order chi connectivity index (χ0) is 18.5. The van der Waals surface area contributed by atoms with Crippen LogP contribution < -0.4 is 0 Å². The van der Waals surface area contributed by atoms with Crippen LogP contribution in [0.5, 0.6) is 0 Å². The third-order valence-corrected chi connectivity index (χ3v) is 5.29. The van der Waals surface area contributed by atoms with Crippen LogP contribution in [-0.2, 0) is 26.3 Å². The Balaban J connectivity index is 1.49. The summed E-state index contributed by atoms with van der Waals surface area (Å²) in [6, 6.07) is 4.34. The Morgan fingerprint density at radius 3 is 2.85 bits per heavy atom. The quantitative estimate of drug-likeness (QED) is 0.563. The smallest absolute Gasteiger partial charge is 0.177 e. The minimum Gasteiger partial charge on any atom is -0.331 e. The highest BCUT2D eigenvalue weighted by molar-refractivity contribution is 5.92. The molecule has 0 N–H and O–H groups in total. The molecule has 0 saturated carbocycles. The fourth-order valence-corrected chi connectivity index (χ4v) is 3.75. The van der Waals surface area contributed by atoms with Crippen molar-refractivity contribution in [1.82, 2.24) is 29.1 Å². The van der Waals surface area contributed by atoms with Gasteiger partial charge in [-0.1, -0.05) is 6.07 Å². The molecule has 5 rings (SSSR count). The van der Waals surface area contributed by atoms with Crippen molar-refractivity contribution < 1.29 is 0 Å². The molecular weight excluding hydrogens is 338 g/mol. The van der Waals surface area contributed by atoms with Crippen LogP contribution in [0.2, 0.25) is 0 Å². The summed E-state index contributed by atoms with van der Waals surface area (Å²) in [4.78, 5) is 18.6. The lowest BCUT2D eigenvalue weighted by molar-refractivity contribution is 0.752. The molecule has 1 aliphatic heterocycles. The average Bonchev–Trinajstić information content (AvgIpc) is 3.26. The van der Waals surface area contributed by atoms with E-state index in [1.54, 1.807) is 0 Å². The number of fused-ring (bicyclic) bond motifs is 4. The third-order valence-electron chi connectivity index (χ3n) is 5.29. The van der Waals surface area contributed by atoms with E-state index in [2.05, 4.69) is 43.8 Å². The summed E-state index contributed by atoms with van der Waals surface area (Å²) in [7, 11) is 2.07. The number of aryl methyl sites for hydroxylation is 6. The summed E-state index contributed by atoms with van der Waals surface area (Å²) in [5, 5.41) is 4.65. The highest BCUT2D eigenvalue weighted by atomic mass is 15.3. The van der Waals surface area contributed by atoms with E-state index in [-0.39, 0.29) is 0 Å². The fraction of sp³-hybridized carbons (Fsp3) is 0.350. The maximum absolute atomic E-state index is 4.90. The van der Waals surface area contributed by atoms with Gasteiger partial charge in [-0.2, -0.15) is 5.10 Å². The Morgan fingerprint density at radius 1 is 1.11 bits per heavy atom. The Labute approximate surface area is 156 Å². The van der Waals surface area contributed by atoms with Gasteiger partial charge in [0.05, 0.1) is 22.6 Å². The molecule has 0 atom stereocenters. The van der Waals surface area contributed by atoms with Gasteiger partial charge in [-0.05, 0) is 38.3 Å². The van der Waals surface area contributed by atoms with Crippen molar-refractivity contribution >= 4 is 28.6 Å². The van der Waals surface area contributed by atoms with E-state index in [0.29, 0.717) is 0 Å². The van der Waals surface area contributed by atoms with Crippen LogP contribution in [0.15, 0.2) is 23.3 Å². The van der Waals surface area contributed by atoms with Crippen molar-refractivity contribution in [3.8, 4) is 0 Å². The van der Waals surface area contributed by atoms with Crippen molar-refractivity contribution in [1.29, 1.82) is 0 Å². The first-order valence-corrected chi connectivity index (χ1v) is 9.29. The van der Waals surface area contributed by atoms with E-state index < -0.39 is 0 Å². The highest BCUT2D eigenvalue weighted by Gasteiger charge is 2.17. The SMILES string of the molecule is Cc1ncc(C)n2nc(CCc3nc4c5c(ccc4n3C)CCC=N5)nc12. The summed E-state index contributed by atoms with van der Waals surface area (Å²) in [5.41, 5.74) is 7.16. The molecule has 1 aliphatic rings. The molecule has 0 spiro atoms. The molecule has 4 aromatic rings. The van der Waals surface area contributed by atoms with Crippen LogP contribution in [0.1, 0.15) is 35.0 Å². The van der Waals surface area contributed by atoms with Gasteiger partial charge in [0.1, 0.15) is 11.3 Å². The monoisotopic (exact) mass is 359 g/mol. The summed E-state index contributed by atoms with van der Waals surface area (Å²) >= 11 is 0. The Bertz CT molecular complexity index is 1170. The van der Waals surface area contributed by atoms with Gasteiger partial charge < -0.3 is 4.57 Å². The molecule has 0 aliphatic carbocycles. The predicted octanol–water partition coefficient (Wildman–Crippen LogP) is 3.06. The number of rotatable bonds is 3. The lowest BCUT2D eigenvalue weighted by Gasteiger charge is -2.09. The number of hydrogen-bond donors (Lipinski definition) is 0. The number of imidazole rings is 1. The van der Waals surface area contributed by atoms with E-state index >= 15 is 0 Å². The second kappa shape index (κ2) is 5.97. The summed E-state index contributed by atoms with van der Waals surface area (Å²) in [6.45, 7) is 3.95. The van der Waals surface area contributed by atoms with Crippen molar-refractivity contribution in [2.24, 2.45) is 12.0 Å². The van der Waals surface area contributed by atoms with E-state index in [4.69, 9.17) is 4.98 Å². The highest BCUT2D eigenvalue weighted by Crippen LogP contribution is 2.32. The molecule has 136 valence electrons. The first kappa shape index (κ1) is 16.1. The van der Waals surface area contributed by atoms with E-state index in [9.17, 15) is 0 Å². The molecule has 7 heteroatoms. The molecule has 1 aromatic carbocycles. The van der Waals surface area contributed by atoms with Crippen LogP contribution in [0.25, 0.3) is 16.7 Å². The largest absolute Gasteiger partial charge is 0.331 e. The third kappa shape index (κ3) is 2.53. The second-order valence-electron chi connectivity index (χ2n) is 7.13. The maximum atomic E-state index is 4.90. The van der Waals surface area contributed by atoms with Gasteiger partial charge in [-0.15, -0.1) is 0 Å². The van der Waals surface area contributed by atoms with Crippen molar-refractivity contribution in [3.05, 3.63) is 46.9 Å². The van der Waals surface area contributed by atoms with Crippen LogP contribution >= 0.6 is 0 Å². The van der Waals surface area contributed by atoms with Crippen LogP contribution in [0.4, 0.5) is 5.69 Å². The Hall–Kier alpha value is -3.09. The lowest BCUT2D eigenvalue weighted by Crippen LogP contribution is -2.02. The average molecular weight is 359 g/mol. The molecule has 0 amide bonds. The van der Waals surface area contributed by atoms with E-state index in [1.165, 1.54) is 5.56 Å². The minimum atomic E-state index is 0.739. The number of benzene rings is 1. The van der Waals surface area contributed by atoms with Gasteiger partial charge in [0.25, 0.3) is 0 Å². The van der Waals surface area contributed by atoms with Gasteiger partial charge >= 0.3 is 0 Å². The standard InChI is InChI=1S/C20H21N7/c1-12-11-22-13(2)20-23-16(25-27(12)20)8-9-17-24-19-15(26(17)3)7-6-14-5-4-10-21-18(14)19/h6-7,10-11H,4-5,8-9H2,1-3H3. The van der Waals surface area contributed by atoms with Crippen LogP contribution in [0.3, 0.4) is 0 Å². The van der Waals surface area contributed by atoms with E-state index in [0.717, 1.165) is 71.1 Å². The molecule has 0 bridgehead atoms. The van der Waals surface area contributed by atoms with Crippen molar-refractivity contribution in [2.75, 3.05) is 0 Å². The summed E-state index contributed by atoms with van der Waals surface area (Å²) in [5.74, 6) is 1.85. The van der Waals surface area contributed by atoms with Crippen molar-refractivity contribution in [2.45, 2.75) is 39.5 Å². The van der Waals surface area contributed by atoms with Gasteiger partial charge in [-0.25, -0.2) is 14.5 Å². The van der Waals surface area contributed by atoms with Gasteiger partial charge in [0.2, 0.25) is 0 Å². The zero-order valence-electron chi connectivity index (χ0n) is 15.8. The second-order valence-corrected chi connectivity index (χ2v) is 7.13. The molecule has 27 heavy (non-hydrogen) atoms. The minimum absolute atomic E-state index is 0.739. The normalized spacial score (nSPS) is 13.6. The van der Waals surface area contributed by atoms with Crippen molar-refractivity contribution in [3.63, 3.8) is 0 Å². The predicted molar refractivity (Wildman–Crippen MR) is 105 cm³/mol. The zero-order valence-corrected chi connectivity index (χ0v) is 15.8. The topological polar surface area (TPSA) is 73.3 Å². The number of hydrogen-bond acceptors (Lipinski definition) is 5. The molecule has 0 saturated heterocycles. The molecule has 0 radical (unpaired) electrons. The lowest BCUT2D eigenvalue weighted by atomic mass is 10.0. The summed E-state index contributed by atoms with van der Waals surface area (Å²) < 4.78 is 4.03. The Morgan fingerprint density at radius 2 is 2.00 bits per heavy atom. The first-order valence-electron chi connectivity index (χ1n) is 9.29. The van der Waals surface area contributed by atoms with E-state index in [1.807, 2.05) is 30.8 Å². The number of nitrogens with zero attached hydrogens (tertiary/aromatic N) is 7. The number of aromatic nitrogens is 6. The van der Waals surface area contributed by atoms with Crippen LogP contribution in [0, 0.1) is 13.8 Å². The molecule has 0 fully saturated rings. The maximum Gasteiger partial charge on any atom is 0.177 e. The number of aliphatic imine (C=N–C) groups is 1. The molecular formula is C20H21N7. The van der Waals surface area contributed by atoms with Crippen LogP contribution in [-0.4, -0.2) is 35.3 Å². The van der Waals surface area contributed by atoms with Gasteiger partial charge in [0, 0.05) is 32.3 Å². The summed E-state index contributed by atoms with van der Waals surface area (Å²) in [6.07, 6.45) is 7.39. The molecule has 7 nitrogen and oxygen atoms in total. The fourth-order valence-electron chi connectivity index (χ4n) is 3.75. The van der Waals surface area contributed by atoms with Gasteiger partial charge in [-0.3, -0.25) is 9.98 Å². The molecule has 4 heterocycles. The van der Waals surface area contributed by atoms with Gasteiger partial charge in [0.15, 0.2) is 11.5 Å². The molecule has 3 aromatic heterocycles. The molecule has 0 unspecified atom stereocenters.